The number of ether oxygens (including phenoxy) is 2. The number of rotatable bonds is 10. The number of anilines is 1. The second-order valence-corrected chi connectivity index (χ2v) is 7.65. The molecule has 1 aromatic heterocycles. The van der Waals surface area contributed by atoms with Gasteiger partial charge in [-0.25, -0.2) is 4.98 Å². The van der Waals surface area contributed by atoms with E-state index in [2.05, 4.69) is 62.8 Å². The molecule has 1 aliphatic heterocycles. The van der Waals surface area contributed by atoms with E-state index in [1.165, 1.54) is 18.4 Å². The smallest absolute Gasteiger partial charge is 0.191 e. The van der Waals surface area contributed by atoms with Crippen molar-refractivity contribution >= 4 is 35.8 Å². The topological polar surface area (TPSA) is 71.0 Å². The Hall–Kier alpha value is -2.07. The Bertz CT molecular complexity index is 839. The van der Waals surface area contributed by atoms with E-state index in [0.29, 0.717) is 32.9 Å². The highest BCUT2D eigenvalue weighted by atomic mass is 127. The molecule has 1 saturated heterocycles. The standard InChI is InChI=1S/C24H35N5O2.HI/c1-4-30-13-14-31-22-15-19(2)7-9-21(22)18-28-24(25-3)27-17-20-8-10-23(26-16-20)29-11-5-6-12-29;/h7-10,15-16H,4-6,11-14,17-18H2,1-3H3,(H2,25,27,28);1H. The zero-order valence-electron chi connectivity index (χ0n) is 19.4. The molecule has 0 atom stereocenters. The molecule has 0 amide bonds. The monoisotopic (exact) mass is 553 g/mol. The molecule has 0 unspecified atom stereocenters. The van der Waals surface area contributed by atoms with Crippen molar-refractivity contribution in [3.05, 3.63) is 53.2 Å². The molecule has 0 saturated carbocycles. The minimum Gasteiger partial charge on any atom is -0.491 e. The first kappa shape index (κ1) is 26.2. The van der Waals surface area contributed by atoms with Gasteiger partial charge in [0.25, 0.3) is 0 Å². The summed E-state index contributed by atoms with van der Waals surface area (Å²) in [4.78, 5) is 11.3. The summed E-state index contributed by atoms with van der Waals surface area (Å²) in [5, 5.41) is 6.73. The molecule has 0 radical (unpaired) electrons. The van der Waals surface area contributed by atoms with Crippen LogP contribution in [0.2, 0.25) is 0 Å². The van der Waals surface area contributed by atoms with Crippen LogP contribution in [-0.4, -0.2) is 50.9 Å². The van der Waals surface area contributed by atoms with Crippen molar-refractivity contribution < 1.29 is 9.47 Å². The molecular weight excluding hydrogens is 517 g/mol. The van der Waals surface area contributed by atoms with Gasteiger partial charge in [-0.2, -0.15) is 0 Å². The molecule has 1 fully saturated rings. The molecular formula is C24H36IN5O2. The first-order chi connectivity index (χ1) is 15.2. The van der Waals surface area contributed by atoms with Crippen LogP contribution in [-0.2, 0) is 17.8 Å². The zero-order valence-corrected chi connectivity index (χ0v) is 21.7. The molecule has 0 bridgehead atoms. The molecule has 8 heteroatoms. The zero-order chi connectivity index (χ0) is 21.9. The van der Waals surface area contributed by atoms with Crippen molar-refractivity contribution in [1.82, 2.24) is 15.6 Å². The van der Waals surface area contributed by atoms with E-state index in [9.17, 15) is 0 Å². The normalized spacial score (nSPS) is 13.6. The van der Waals surface area contributed by atoms with Crippen LogP contribution in [0, 0.1) is 6.92 Å². The summed E-state index contributed by atoms with van der Waals surface area (Å²) in [5.74, 6) is 2.69. The third-order valence-corrected chi connectivity index (χ3v) is 5.28. The molecule has 2 N–H and O–H groups in total. The highest BCUT2D eigenvalue weighted by Crippen LogP contribution is 2.20. The quantitative estimate of drug-likeness (QED) is 0.202. The molecule has 1 aliphatic rings. The summed E-state index contributed by atoms with van der Waals surface area (Å²) in [5.41, 5.74) is 3.38. The van der Waals surface area contributed by atoms with Crippen LogP contribution in [0.3, 0.4) is 0 Å². The Kier molecular flexibility index (Phi) is 11.6. The fourth-order valence-corrected chi connectivity index (χ4v) is 3.54. The average Bonchev–Trinajstić information content (AvgIpc) is 3.33. The lowest BCUT2D eigenvalue weighted by molar-refractivity contribution is 0.110. The predicted octanol–water partition coefficient (Wildman–Crippen LogP) is 3.89. The number of halogens is 1. The Morgan fingerprint density at radius 1 is 1.09 bits per heavy atom. The van der Waals surface area contributed by atoms with Gasteiger partial charge in [0.1, 0.15) is 18.2 Å². The van der Waals surface area contributed by atoms with Crippen molar-refractivity contribution in [3.63, 3.8) is 0 Å². The lowest BCUT2D eigenvalue weighted by Crippen LogP contribution is -2.36. The van der Waals surface area contributed by atoms with Gasteiger partial charge in [0.15, 0.2) is 5.96 Å². The second-order valence-electron chi connectivity index (χ2n) is 7.65. The van der Waals surface area contributed by atoms with Gasteiger partial charge in [0.05, 0.1) is 6.61 Å². The second kappa shape index (κ2) is 14.2. The van der Waals surface area contributed by atoms with Gasteiger partial charge < -0.3 is 25.0 Å². The molecule has 2 aromatic rings. The van der Waals surface area contributed by atoms with Crippen LogP contribution < -0.4 is 20.3 Å². The van der Waals surface area contributed by atoms with Crippen molar-refractivity contribution in [2.45, 2.75) is 39.8 Å². The molecule has 0 spiro atoms. The van der Waals surface area contributed by atoms with Gasteiger partial charge in [-0.15, -0.1) is 24.0 Å². The number of guanidine groups is 1. The van der Waals surface area contributed by atoms with Crippen molar-refractivity contribution in [1.29, 1.82) is 0 Å². The Labute approximate surface area is 209 Å². The highest BCUT2D eigenvalue weighted by Gasteiger charge is 2.13. The van der Waals surface area contributed by atoms with Crippen molar-refractivity contribution in [2.75, 3.05) is 44.9 Å². The van der Waals surface area contributed by atoms with E-state index in [1.807, 2.05) is 13.1 Å². The lowest BCUT2D eigenvalue weighted by Gasteiger charge is -2.17. The number of aliphatic imine (C=N–C) groups is 1. The lowest BCUT2D eigenvalue weighted by atomic mass is 10.1. The first-order valence-corrected chi connectivity index (χ1v) is 11.1. The van der Waals surface area contributed by atoms with Gasteiger partial charge >= 0.3 is 0 Å². The molecule has 2 heterocycles. The van der Waals surface area contributed by atoms with Gasteiger partial charge in [-0.3, -0.25) is 4.99 Å². The fraction of sp³-hybridized carbons (Fsp3) is 0.500. The van der Waals surface area contributed by atoms with E-state index in [-0.39, 0.29) is 24.0 Å². The Morgan fingerprint density at radius 3 is 2.56 bits per heavy atom. The van der Waals surface area contributed by atoms with E-state index < -0.39 is 0 Å². The van der Waals surface area contributed by atoms with E-state index in [0.717, 1.165) is 41.7 Å². The molecule has 3 rings (SSSR count). The Morgan fingerprint density at radius 2 is 1.88 bits per heavy atom. The number of hydrogen-bond acceptors (Lipinski definition) is 5. The summed E-state index contributed by atoms with van der Waals surface area (Å²) in [6.45, 7) is 9.38. The van der Waals surface area contributed by atoms with E-state index in [1.54, 1.807) is 7.05 Å². The maximum atomic E-state index is 5.93. The van der Waals surface area contributed by atoms with Crippen LogP contribution in [0.25, 0.3) is 0 Å². The van der Waals surface area contributed by atoms with E-state index in [4.69, 9.17) is 9.47 Å². The van der Waals surface area contributed by atoms with Crippen LogP contribution in [0.4, 0.5) is 5.82 Å². The van der Waals surface area contributed by atoms with E-state index >= 15 is 0 Å². The maximum Gasteiger partial charge on any atom is 0.191 e. The number of nitrogens with one attached hydrogen (secondary N) is 2. The first-order valence-electron chi connectivity index (χ1n) is 11.1. The van der Waals surface area contributed by atoms with Crippen molar-refractivity contribution in [3.8, 4) is 5.75 Å². The molecule has 176 valence electrons. The predicted molar refractivity (Wildman–Crippen MR) is 141 cm³/mol. The highest BCUT2D eigenvalue weighted by molar-refractivity contribution is 14.0. The van der Waals surface area contributed by atoms with Gasteiger partial charge in [0.2, 0.25) is 0 Å². The number of aromatic nitrogens is 1. The minimum absolute atomic E-state index is 0. The number of pyridine rings is 1. The number of nitrogens with zero attached hydrogens (tertiary/aromatic N) is 3. The molecule has 0 aliphatic carbocycles. The fourth-order valence-electron chi connectivity index (χ4n) is 3.54. The summed E-state index contributed by atoms with van der Waals surface area (Å²) >= 11 is 0. The molecule has 1 aromatic carbocycles. The molecule has 7 nitrogen and oxygen atoms in total. The Balaban J connectivity index is 0.00000363. The molecule has 32 heavy (non-hydrogen) atoms. The van der Waals surface area contributed by atoms with Crippen LogP contribution in [0.1, 0.15) is 36.5 Å². The van der Waals surface area contributed by atoms with Gasteiger partial charge in [-0.1, -0.05) is 18.2 Å². The maximum absolute atomic E-state index is 5.93. The van der Waals surface area contributed by atoms with Crippen LogP contribution in [0.15, 0.2) is 41.5 Å². The summed E-state index contributed by atoms with van der Waals surface area (Å²) in [6, 6.07) is 10.5. The summed E-state index contributed by atoms with van der Waals surface area (Å²) < 4.78 is 11.3. The van der Waals surface area contributed by atoms with Crippen LogP contribution in [0.5, 0.6) is 5.75 Å². The third-order valence-electron chi connectivity index (χ3n) is 5.28. The minimum atomic E-state index is 0. The van der Waals surface area contributed by atoms with Gasteiger partial charge in [0, 0.05) is 51.6 Å². The largest absolute Gasteiger partial charge is 0.491 e. The van der Waals surface area contributed by atoms with Gasteiger partial charge in [-0.05, 0) is 49.9 Å². The average molecular weight is 553 g/mol. The number of hydrogen-bond donors (Lipinski definition) is 2. The summed E-state index contributed by atoms with van der Waals surface area (Å²) in [6.07, 6.45) is 4.46. The number of aryl methyl sites for hydroxylation is 1. The summed E-state index contributed by atoms with van der Waals surface area (Å²) in [7, 11) is 1.78. The third kappa shape index (κ3) is 8.12. The SMILES string of the molecule is CCOCCOc1cc(C)ccc1CNC(=NC)NCc1ccc(N2CCCC2)nc1.I. The number of benzene rings is 1. The van der Waals surface area contributed by atoms with Crippen LogP contribution >= 0.6 is 24.0 Å². The van der Waals surface area contributed by atoms with Crippen molar-refractivity contribution in [2.24, 2.45) is 4.99 Å².